The van der Waals surface area contributed by atoms with Crippen molar-refractivity contribution in [2.45, 2.75) is 0 Å². The molecule has 3 aromatic heterocycles. The van der Waals surface area contributed by atoms with Crippen LogP contribution in [0, 0.1) is 0 Å². The predicted octanol–water partition coefficient (Wildman–Crippen LogP) is 16.3. The van der Waals surface area contributed by atoms with Crippen molar-refractivity contribution in [3.8, 4) is 44.5 Å². The highest BCUT2D eigenvalue weighted by atomic mass is 16.3. The average molecular weight is 779 g/mol. The average Bonchev–Trinajstić information content (AvgIpc) is 3.88. The number of hydrogen-bond donors (Lipinski definition) is 0. The summed E-state index contributed by atoms with van der Waals surface area (Å²) in [7, 11) is 0. The van der Waals surface area contributed by atoms with Gasteiger partial charge in [0.25, 0.3) is 0 Å². The standard InChI is InChI=1S/C58H38N2O/c1-3-13-40(14-4-1)48-17-7-8-18-49(48)41-26-31-46(32-27-41)60(47-33-34-51-50-19-9-10-21-55(50)61-56(51)38-47)45-29-24-39(25-30-45)44-23-22-42-28-35-54-58(52(42)37-44)57(43-15-5-2-6-16-43)53-20-11-12-36-59(53)54/h1-38H. The molecule has 3 nitrogen and oxygen atoms in total. The molecule has 12 aromatic rings. The van der Waals surface area contributed by atoms with Gasteiger partial charge in [0, 0.05) is 51.0 Å². The van der Waals surface area contributed by atoms with Crippen LogP contribution in [0.15, 0.2) is 235 Å². The molecule has 9 aromatic carbocycles. The third-order valence-electron chi connectivity index (χ3n) is 12.2. The van der Waals surface area contributed by atoms with E-state index >= 15 is 0 Å². The second kappa shape index (κ2) is 14.3. The maximum Gasteiger partial charge on any atom is 0.137 e. The smallest absolute Gasteiger partial charge is 0.137 e. The van der Waals surface area contributed by atoms with Crippen LogP contribution in [0.1, 0.15) is 0 Å². The highest BCUT2D eigenvalue weighted by molar-refractivity contribution is 6.19. The lowest BCUT2D eigenvalue weighted by molar-refractivity contribution is 0.669. The van der Waals surface area contributed by atoms with E-state index in [1.54, 1.807) is 0 Å². The van der Waals surface area contributed by atoms with Gasteiger partial charge in [-0.15, -0.1) is 0 Å². The first-order valence-electron chi connectivity index (χ1n) is 20.8. The number of nitrogens with zero attached hydrogens (tertiary/aromatic N) is 2. The van der Waals surface area contributed by atoms with Crippen molar-refractivity contribution in [1.82, 2.24) is 4.40 Å². The fourth-order valence-electron chi connectivity index (χ4n) is 9.33. The van der Waals surface area contributed by atoms with Gasteiger partial charge in [0.1, 0.15) is 11.2 Å². The number of hydrogen-bond acceptors (Lipinski definition) is 2. The molecule has 0 unspecified atom stereocenters. The molecule has 0 saturated heterocycles. The number of rotatable bonds is 7. The van der Waals surface area contributed by atoms with E-state index in [1.807, 2.05) is 12.1 Å². The number of para-hydroxylation sites is 1. The number of fused-ring (bicyclic) bond motifs is 8. The van der Waals surface area contributed by atoms with Crippen LogP contribution in [-0.4, -0.2) is 4.40 Å². The van der Waals surface area contributed by atoms with Crippen molar-refractivity contribution in [3.05, 3.63) is 231 Å². The van der Waals surface area contributed by atoms with Crippen LogP contribution in [0.25, 0.3) is 93.6 Å². The van der Waals surface area contributed by atoms with E-state index in [0.717, 1.165) is 44.6 Å². The van der Waals surface area contributed by atoms with E-state index < -0.39 is 0 Å². The minimum Gasteiger partial charge on any atom is -0.456 e. The monoisotopic (exact) mass is 778 g/mol. The van der Waals surface area contributed by atoms with Crippen molar-refractivity contribution in [3.63, 3.8) is 0 Å². The minimum absolute atomic E-state index is 0.865. The lowest BCUT2D eigenvalue weighted by atomic mass is 9.94. The molecule has 0 aliphatic heterocycles. The summed E-state index contributed by atoms with van der Waals surface area (Å²) in [5.41, 5.74) is 16.9. The van der Waals surface area contributed by atoms with Gasteiger partial charge in [-0.3, -0.25) is 0 Å². The first-order chi connectivity index (χ1) is 30.2. The molecule has 12 rings (SSSR count). The first kappa shape index (κ1) is 34.9. The number of anilines is 3. The lowest BCUT2D eigenvalue weighted by Crippen LogP contribution is -2.09. The Morgan fingerprint density at radius 3 is 1.67 bits per heavy atom. The largest absolute Gasteiger partial charge is 0.456 e. The molecule has 0 spiro atoms. The van der Waals surface area contributed by atoms with Crippen LogP contribution in [-0.2, 0) is 0 Å². The van der Waals surface area contributed by atoms with Crippen LogP contribution in [0.5, 0.6) is 0 Å². The number of benzene rings is 9. The van der Waals surface area contributed by atoms with Crippen LogP contribution in [0.4, 0.5) is 17.1 Å². The van der Waals surface area contributed by atoms with Gasteiger partial charge in [0.2, 0.25) is 0 Å². The Hall–Kier alpha value is -8.14. The fraction of sp³-hybridized carbons (Fsp3) is 0. The Bertz CT molecular complexity index is 3560. The van der Waals surface area contributed by atoms with Crippen LogP contribution >= 0.6 is 0 Å². The fourth-order valence-corrected chi connectivity index (χ4v) is 9.33. The molecular formula is C58H38N2O. The molecule has 0 amide bonds. The third-order valence-corrected chi connectivity index (χ3v) is 12.2. The second-order valence-corrected chi connectivity index (χ2v) is 15.7. The maximum atomic E-state index is 6.42. The van der Waals surface area contributed by atoms with E-state index in [2.05, 4.69) is 228 Å². The van der Waals surface area contributed by atoms with Crippen molar-refractivity contribution < 1.29 is 4.42 Å². The minimum atomic E-state index is 0.865. The summed E-state index contributed by atoms with van der Waals surface area (Å²) in [5, 5.41) is 5.98. The summed E-state index contributed by atoms with van der Waals surface area (Å²) in [6, 6.07) is 80.7. The van der Waals surface area contributed by atoms with Crippen LogP contribution < -0.4 is 4.90 Å². The van der Waals surface area contributed by atoms with E-state index in [1.165, 1.54) is 66.1 Å². The van der Waals surface area contributed by atoms with Gasteiger partial charge in [-0.05, 0) is 116 Å². The van der Waals surface area contributed by atoms with Gasteiger partial charge in [0.15, 0.2) is 0 Å². The van der Waals surface area contributed by atoms with Gasteiger partial charge in [0.05, 0.1) is 11.0 Å². The lowest BCUT2D eigenvalue weighted by Gasteiger charge is -2.26. The second-order valence-electron chi connectivity index (χ2n) is 15.7. The normalized spacial score (nSPS) is 11.6. The molecule has 3 heterocycles. The number of pyridine rings is 1. The van der Waals surface area contributed by atoms with Gasteiger partial charge < -0.3 is 13.7 Å². The van der Waals surface area contributed by atoms with Crippen LogP contribution in [0.3, 0.4) is 0 Å². The molecule has 0 N–H and O–H groups in total. The number of furan rings is 1. The maximum absolute atomic E-state index is 6.42. The SMILES string of the molecule is c1ccc(-c2ccccc2-c2ccc(N(c3ccc(-c4ccc5ccc6c(c(-c7ccccc7)c7ccccn76)c5c4)cc3)c3ccc4c(c3)oc3ccccc34)cc2)cc1. The zero-order valence-corrected chi connectivity index (χ0v) is 33.2. The van der Waals surface area contributed by atoms with Crippen molar-refractivity contribution in [1.29, 1.82) is 0 Å². The molecule has 61 heavy (non-hydrogen) atoms. The Morgan fingerprint density at radius 1 is 0.344 bits per heavy atom. The van der Waals surface area contributed by atoms with E-state index in [9.17, 15) is 0 Å². The first-order valence-corrected chi connectivity index (χ1v) is 20.8. The van der Waals surface area contributed by atoms with Gasteiger partial charge in [-0.1, -0.05) is 152 Å². The number of aromatic nitrogens is 1. The van der Waals surface area contributed by atoms with Crippen LogP contribution in [0.2, 0.25) is 0 Å². The molecule has 0 aliphatic rings. The summed E-state index contributed by atoms with van der Waals surface area (Å²) in [4.78, 5) is 2.33. The quantitative estimate of drug-likeness (QED) is 0.161. The van der Waals surface area contributed by atoms with Crippen molar-refractivity contribution >= 4 is 66.2 Å². The van der Waals surface area contributed by atoms with Gasteiger partial charge in [-0.25, -0.2) is 0 Å². The van der Waals surface area contributed by atoms with Gasteiger partial charge in [-0.2, -0.15) is 0 Å². The molecule has 0 atom stereocenters. The molecule has 0 fully saturated rings. The summed E-state index contributed by atoms with van der Waals surface area (Å²) in [6.07, 6.45) is 2.17. The molecular weight excluding hydrogens is 741 g/mol. The van der Waals surface area contributed by atoms with E-state index in [4.69, 9.17) is 4.42 Å². The molecule has 0 aliphatic carbocycles. The Kier molecular flexibility index (Phi) is 8.17. The molecule has 0 saturated carbocycles. The van der Waals surface area contributed by atoms with E-state index in [-0.39, 0.29) is 0 Å². The summed E-state index contributed by atoms with van der Waals surface area (Å²) in [5.74, 6) is 0. The molecule has 0 bridgehead atoms. The predicted molar refractivity (Wildman–Crippen MR) is 256 cm³/mol. The molecule has 0 radical (unpaired) electrons. The summed E-state index contributed by atoms with van der Waals surface area (Å²) in [6.45, 7) is 0. The van der Waals surface area contributed by atoms with E-state index in [0.29, 0.717) is 0 Å². The zero-order valence-electron chi connectivity index (χ0n) is 33.2. The Labute approximate surface area is 353 Å². The Morgan fingerprint density at radius 2 is 0.918 bits per heavy atom. The highest BCUT2D eigenvalue weighted by Gasteiger charge is 2.19. The summed E-state index contributed by atoms with van der Waals surface area (Å²) >= 11 is 0. The third kappa shape index (κ3) is 5.90. The summed E-state index contributed by atoms with van der Waals surface area (Å²) < 4.78 is 8.74. The molecule has 286 valence electrons. The van der Waals surface area contributed by atoms with Crippen molar-refractivity contribution in [2.75, 3.05) is 4.90 Å². The van der Waals surface area contributed by atoms with Crippen molar-refractivity contribution in [2.24, 2.45) is 0 Å². The van der Waals surface area contributed by atoms with Gasteiger partial charge >= 0.3 is 0 Å². The highest BCUT2D eigenvalue weighted by Crippen LogP contribution is 2.43. The molecule has 3 heteroatoms. The topological polar surface area (TPSA) is 20.8 Å². The Balaban J connectivity index is 0.972. The zero-order chi connectivity index (χ0) is 40.3.